The van der Waals surface area contributed by atoms with Crippen molar-refractivity contribution in [2.24, 2.45) is 10.2 Å². The number of hydrogen-bond acceptors (Lipinski definition) is 3. The molecule has 0 N–H and O–H groups in total. The molecule has 0 amide bonds. The number of benzene rings is 2. The number of nitrogens with zero attached hydrogens (tertiary/aromatic N) is 3. The molecular formula is C21H21F9N3O+. The maximum atomic E-state index is 13.9. The lowest BCUT2D eigenvalue weighted by molar-refractivity contribution is -0.870. The smallest absolute Gasteiger partial charge is 0.460 e. The van der Waals surface area contributed by atoms with Crippen LogP contribution >= 0.6 is 0 Å². The van der Waals surface area contributed by atoms with Gasteiger partial charge in [0.2, 0.25) is 0 Å². The van der Waals surface area contributed by atoms with Crippen LogP contribution < -0.4 is 4.74 Å². The molecule has 0 atom stereocenters. The summed E-state index contributed by atoms with van der Waals surface area (Å²) in [6.07, 6.45) is -6.87. The van der Waals surface area contributed by atoms with Gasteiger partial charge in [-0.1, -0.05) is 12.1 Å². The van der Waals surface area contributed by atoms with Crippen LogP contribution in [0.3, 0.4) is 0 Å². The predicted octanol–water partition coefficient (Wildman–Crippen LogP) is 7.11. The summed E-state index contributed by atoms with van der Waals surface area (Å²) in [7, 11) is 6.01. The number of halogens is 9. The van der Waals surface area contributed by atoms with Crippen molar-refractivity contribution in [3.63, 3.8) is 0 Å². The number of likely N-dealkylation sites (N-methyl/N-ethyl adjacent to an activating group) is 1. The normalized spacial score (nSPS) is 14.0. The van der Waals surface area contributed by atoms with Crippen molar-refractivity contribution in [2.75, 3.05) is 34.3 Å². The van der Waals surface area contributed by atoms with Crippen molar-refractivity contribution in [1.82, 2.24) is 0 Å². The minimum Gasteiger partial charge on any atom is -0.488 e. The number of alkyl halides is 9. The standard InChI is InChI=1S/C21H21F9N3O/c1-33(2,3)12-13-34-17-10-8-16(9-11-17)32-31-15-6-4-14(5-7-15)18(22,23)19(24,25)20(26,27)21(28,29)30/h4-11H,12-13H2,1-3H3/q+1. The molecule has 2 aromatic carbocycles. The van der Waals surface area contributed by atoms with Gasteiger partial charge in [-0.25, -0.2) is 0 Å². The van der Waals surface area contributed by atoms with Crippen LogP contribution in [-0.4, -0.2) is 56.8 Å². The first kappa shape index (κ1) is 27.4. The van der Waals surface area contributed by atoms with Gasteiger partial charge in [-0.2, -0.15) is 49.7 Å². The van der Waals surface area contributed by atoms with E-state index in [1.807, 2.05) is 21.1 Å². The molecule has 0 fully saturated rings. The molecule has 0 heterocycles. The summed E-state index contributed by atoms with van der Waals surface area (Å²) in [6.45, 7) is 1.23. The molecular weight excluding hydrogens is 481 g/mol. The van der Waals surface area contributed by atoms with E-state index in [4.69, 9.17) is 4.74 Å². The molecule has 0 aliphatic rings. The van der Waals surface area contributed by atoms with Crippen molar-refractivity contribution < 1.29 is 48.7 Å². The van der Waals surface area contributed by atoms with Gasteiger partial charge >= 0.3 is 23.9 Å². The van der Waals surface area contributed by atoms with Crippen molar-refractivity contribution in [1.29, 1.82) is 0 Å². The largest absolute Gasteiger partial charge is 0.488 e. The van der Waals surface area contributed by atoms with Crippen LogP contribution in [0.15, 0.2) is 58.8 Å². The van der Waals surface area contributed by atoms with E-state index in [1.54, 1.807) is 12.1 Å². The lowest BCUT2D eigenvalue weighted by Gasteiger charge is -2.33. The summed E-state index contributed by atoms with van der Waals surface area (Å²) < 4.78 is 124. The van der Waals surface area contributed by atoms with Gasteiger partial charge in [0.1, 0.15) is 18.9 Å². The van der Waals surface area contributed by atoms with Crippen molar-refractivity contribution in [2.45, 2.75) is 23.9 Å². The van der Waals surface area contributed by atoms with Gasteiger partial charge in [0.25, 0.3) is 0 Å². The summed E-state index contributed by atoms with van der Waals surface area (Å²) in [5, 5.41) is 7.51. The molecule has 4 nitrogen and oxygen atoms in total. The molecule has 0 unspecified atom stereocenters. The Morgan fingerprint density at radius 1 is 0.676 bits per heavy atom. The van der Waals surface area contributed by atoms with E-state index < -0.39 is 29.5 Å². The number of hydrogen-bond donors (Lipinski definition) is 0. The average molecular weight is 502 g/mol. The first-order valence-corrected chi connectivity index (χ1v) is 9.64. The summed E-state index contributed by atoms with van der Waals surface area (Å²) in [6, 6.07) is 8.31. The second-order valence-electron chi connectivity index (χ2n) is 8.32. The second kappa shape index (κ2) is 9.43. The summed E-state index contributed by atoms with van der Waals surface area (Å²) >= 11 is 0. The predicted molar refractivity (Wildman–Crippen MR) is 105 cm³/mol. The van der Waals surface area contributed by atoms with E-state index in [1.165, 1.54) is 12.1 Å². The van der Waals surface area contributed by atoms with Crippen LogP contribution in [-0.2, 0) is 5.92 Å². The Labute approximate surface area is 189 Å². The maximum Gasteiger partial charge on any atom is 0.460 e. The second-order valence-corrected chi connectivity index (χ2v) is 8.32. The quantitative estimate of drug-likeness (QED) is 0.204. The molecule has 2 aromatic rings. The molecule has 2 rings (SSSR count). The van der Waals surface area contributed by atoms with Gasteiger partial charge in [0, 0.05) is 5.56 Å². The SMILES string of the molecule is C[N+](C)(C)CCOc1ccc(N=Nc2ccc(C(F)(F)C(F)(F)C(F)(F)C(F)(F)F)cc2)cc1. The van der Waals surface area contributed by atoms with E-state index in [-0.39, 0.29) is 17.8 Å². The van der Waals surface area contributed by atoms with Gasteiger partial charge in [0.15, 0.2) is 0 Å². The molecule has 34 heavy (non-hydrogen) atoms. The fraction of sp³-hybridized carbons (Fsp3) is 0.429. The highest BCUT2D eigenvalue weighted by atomic mass is 19.4. The van der Waals surface area contributed by atoms with Gasteiger partial charge < -0.3 is 9.22 Å². The van der Waals surface area contributed by atoms with E-state index in [9.17, 15) is 39.5 Å². The zero-order chi connectivity index (χ0) is 26.0. The molecule has 0 aliphatic carbocycles. The van der Waals surface area contributed by atoms with Crippen molar-refractivity contribution in [3.05, 3.63) is 54.1 Å². The monoisotopic (exact) mass is 502 g/mol. The lowest BCUT2D eigenvalue weighted by Crippen LogP contribution is -2.59. The summed E-state index contributed by atoms with van der Waals surface area (Å²) in [5.74, 6) is -18.9. The Kier molecular flexibility index (Phi) is 7.61. The molecule has 13 heteroatoms. The first-order chi connectivity index (χ1) is 15.4. The third-order valence-electron chi connectivity index (χ3n) is 4.52. The van der Waals surface area contributed by atoms with E-state index in [0.29, 0.717) is 22.5 Å². The van der Waals surface area contributed by atoms with E-state index in [2.05, 4.69) is 10.2 Å². The summed E-state index contributed by atoms with van der Waals surface area (Å²) in [5.41, 5.74) is -1.55. The zero-order valence-corrected chi connectivity index (χ0v) is 18.2. The van der Waals surface area contributed by atoms with Gasteiger partial charge in [-0.3, -0.25) is 0 Å². The lowest BCUT2D eigenvalue weighted by atomic mass is 9.96. The molecule has 0 bridgehead atoms. The highest BCUT2D eigenvalue weighted by Gasteiger charge is 2.81. The number of ether oxygens (including phenoxy) is 1. The van der Waals surface area contributed by atoms with Crippen molar-refractivity contribution in [3.8, 4) is 5.75 Å². The van der Waals surface area contributed by atoms with Gasteiger partial charge in [0.05, 0.1) is 32.5 Å². The average Bonchev–Trinajstić information content (AvgIpc) is 2.71. The maximum absolute atomic E-state index is 13.9. The van der Waals surface area contributed by atoms with Crippen molar-refractivity contribution >= 4 is 11.4 Å². The Morgan fingerprint density at radius 3 is 1.53 bits per heavy atom. The van der Waals surface area contributed by atoms with E-state index in [0.717, 1.165) is 18.7 Å². The third kappa shape index (κ3) is 5.99. The molecule has 0 saturated heterocycles. The van der Waals surface area contributed by atoms with Crippen LogP contribution in [0.4, 0.5) is 50.9 Å². The van der Waals surface area contributed by atoms with Crippen LogP contribution in [0, 0.1) is 0 Å². The van der Waals surface area contributed by atoms with Crippen LogP contribution in [0.25, 0.3) is 0 Å². The van der Waals surface area contributed by atoms with Crippen LogP contribution in [0.1, 0.15) is 5.56 Å². The Morgan fingerprint density at radius 2 is 1.12 bits per heavy atom. The molecule has 0 saturated carbocycles. The Hall–Kier alpha value is -2.83. The molecule has 0 aromatic heterocycles. The van der Waals surface area contributed by atoms with Crippen LogP contribution in [0.2, 0.25) is 0 Å². The number of quaternary nitrogens is 1. The molecule has 0 aliphatic heterocycles. The van der Waals surface area contributed by atoms with E-state index >= 15 is 0 Å². The summed E-state index contributed by atoms with van der Waals surface area (Å²) in [4.78, 5) is 0. The highest BCUT2D eigenvalue weighted by molar-refractivity contribution is 5.44. The zero-order valence-electron chi connectivity index (χ0n) is 18.2. The third-order valence-corrected chi connectivity index (χ3v) is 4.52. The first-order valence-electron chi connectivity index (χ1n) is 9.64. The van der Waals surface area contributed by atoms with Gasteiger partial charge in [-0.15, -0.1) is 0 Å². The Bertz CT molecular complexity index is 981. The number of rotatable bonds is 9. The fourth-order valence-corrected chi connectivity index (χ4v) is 2.46. The molecule has 0 spiro atoms. The molecule has 0 radical (unpaired) electrons. The fourth-order valence-electron chi connectivity index (χ4n) is 2.46. The minimum atomic E-state index is -6.95. The van der Waals surface area contributed by atoms with Crippen LogP contribution in [0.5, 0.6) is 5.75 Å². The number of azo groups is 1. The Balaban J connectivity index is 2.11. The minimum absolute atomic E-state index is 0.131. The highest BCUT2D eigenvalue weighted by Crippen LogP contribution is 2.56. The van der Waals surface area contributed by atoms with Gasteiger partial charge in [-0.05, 0) is 36.4 Å². The molecule has 188 valence electrons. The topological polar surface area (TPSA) is 34.0 Å².